The van der Waals surface area contributed by atoms with E-state index >= 15 is 0 Å². The van der Waals surface area contributed by atoms with Gasteiger partial charge in [-0.1, -0.05) is 43.3 Å². The molecule has 0 unspecified atom stereocenters. The minimum Gasteiger partial charge on any atom is -0.322 e. The van der Waals surface area contributed by atoms with Crippen LogP contribution in [0.4, 0.5) is 11.4 Å². The number of sulfonamides is 1. The first kappa shape index (κ1) is 22.6. The predicted octanol–water partition coefficient (Wildman–Crippen LogP) is 5.08. The molecule has 5 nitrogen and oxygen atoms in total. The van der Waals surface area contributed by atoms with E-state index in [0.717, 1.165) is 34.4 Å². The van der Waals surface area contributed by atoms with Gasteiger partial charge in [-0.05, 0) is 72.9 Å². The first-order valence-corrected chi connectivity index (χ1v) is 12.1. The van der Waals surface area contributed by atoms with Gasteiger partial charge in [0.25, 0.3) is 5.91 Å². The molecule has 0 aromatic heterocycles. The fourth-order valence-electron chi connectivity index (χ4n) is 3.40. The number of hydrogen-bond donors (Lipinski definition) is 1. The van der Waals surface area contributed by atoms with E-state index in [9.17, 15) is 13.2 Å². The van der Waals surface area contributed by atoms with Crippen molar-refractivity contribution in [1.82, 2.24) is 0 Å². The summed E-state index contributed by atoms with van der Waals surface area (Å²) in [4.78, 5) is 12.8. The summed E-state index contributed by atoms with van der Waals surface area (Å²) in [7, 11) is -3.50. The van der Waals surface area contributed by atoms with Crippen LogP contribution in [0.15, 0.2) is 66.7 Å². The van der Waals surface area contributed by atoms with Gasteiger partial charge in [0.05, 0.1) is 18.5 Å². The molecule has 0 aliphatic heterocycles. The van der Waals surface area contributed by atoms with Crippen molar-refractivity contribution >= 4 is 27.3 Å². The molecule has 0 aliphatic rings. The Hall–Kier alpha value is -3.12. The average Bonchev–Trinajstić information content (AvgIpc) is 2.74. The molecule has 31 heavy (non-hydrogen) atoms. The first-order chi connectivity index (χ1) is 14.7. The average molecular weight is 437 g/mol. The summed E-state index contributed by atoms with van der Waals surface area (Å²) in [5, 5.41) is 2.96. The summed E-state index contributed by atoms with van der Waals surface area (Å²) in [6, 6.07) is 20.4. The van der Waals surface area contributed by atoms with Crippen molar-refractivity contribution in [2.45, 2.75) is 33.7 Å². The van der Waals surface area contributed by atoms with Crippen LogP contribution < -0.4 is 9.62 Å². The lowest BCUT2D eigenvalue weighted by molar-refractivity contribution is 0.102. The number of anilines is 2. The molecule has 0 saturated carbocycles. The fraction of sp³-hybridized carbons (Fsp3) is 0.240. The van der Waals surface area contributed by atoms with Crippen LogP contribution in [0.2, 0.25) is 0 Å². The summed E-state index contributed by atoms with van der Waals surface area (Å²) in [5.74, 6) is -0.222. The summed E-state index contributed by atoms with van der Waals surface area (Å²) >= 11 is 0. The minimum absolute atomic E-state index is 0.147. The van der Waals surface area contributed by atoms with Gasteiger partial charge in [0.1, 0.15) is 0 Å². The molecule has 0 fully saturated rings. The monoisotopic (exact) mass is 436 g/mol. The van der Waals surface area contributed by atoms with Crippen LogP contribution in [0.5, 0.6) is 0 Å². The minimum atomic E-state index is -3.50. The van der Waals surface area contributed by atoms with Gasteiger partial charge in [-0.15, -0.1) is 0 Å². The number of para-hydroxylation sites is 1. The molecule has 0 atom stereocenters. The van der Waals surface area contributed by atoms with E-state index in [0.29, 0.717) is 11.3 Å². The number of carbonyl (C=O) groups excluding carboxylic acids is 1. The summed E-state index contributed by atoms with van der Waals surface area (Å²) in [5.41, 5.74) is 5.80. The van der Waals surface area contributed by atoms with E-state index in [1.165, 1.54) is 10.6 Å². The Balaban J connectivity index is 1.87. The molecule has 0 spiro atoms. The standard InChI is InChI=1S/C25H28N2O3S/c1-5-21-10-6-7-12-24(21)26-25(28)22-11-8-9-20(16-22)17-27(31(4,29)30)23-14-13-18(2)19(3)15-23/h6-16H,5,17H2,1-4H3,(H,26,28). The topological polar surface area (TPSA) is 66.5 Å². The van der Waals surface area contributed by atoms with Gasteiger partial charge >= 0.3 is 0 Å². The van der Waals surface area contributed by atoms with Crippen molar-refractivity contribution in [2.24, 2.45) is 0 Å². The molecule has 3 rings (SSSR count). The third-order valence-electron chi connectivity index (χ3n) is 5.34. The van der Waals surface area contributed by atoms with Gasteiger partial charge in [0.15, 0.2) is 0 Å². The van der Waals surface area contributed by atoms with Crippen molar-refractivity contribution in [3.8, 4) is 0 Å². The largest absolute Gasteiger partial charge is 0.322 e. The molecule has 0 saturated heterocycles. The summed E-state index contributed by atoms with van der Waals surface area (Å²) < 4.78 is 26.4. The zero-order valence-electron chi connectivity index (χ0n) is 18.3. The highest BCUT2D eigenvalue weighted by molar-refractivity contribution is 7.92. The molecule has 1 amide bonds. The molecular weight excluding hydrogens is 408 g/mol. The number of amides is 1. The lowest BCUT2D eigenvalue weighted by Crippen LogP contribution is -2.29. The van der Waals surface area contributed by atoms with Crippen LogP contribution in [0.3, 0.4) is 0 Å². The van der Waals surface area contributed by atoms with E-state index in [1.807, 2.05) is 69.3 Å². The Morgan fingerprint density at radius 2 is 1.68 bits per heavy atom. The molecule has 0 aliphatic carbocycles. The van der Waals surface area contributed by atoms with Gasteiger partial charge in [-0.3, -0.25) is 9.10 Å². The Bertz CT molecular complexity index is 1200. The smallest absolute Gasteiger partial charge is 0.255 e. The second-order valence-electron chi connectivity index (χ2n) is 7.70. The molecule has 3 aromatic carbocycles. The molecule has 0 heterocycles. The highest BCUT2D eigenvalue weighted by Gasteiger charge is 2.19. The van der Waals surface area contributed by atoms with Crippen LogP contribution >= 0.6 is 0 Å². The van der Waals surface area contributed by atoms with Crippen LogP contribution in [0, 0.1) is 13.8 Å². The maximum atomic E-state index is 12.8. The normalized spacial score (nSPS) is 11.2. The number of benzene rings is 3. The third-order valence-corrected chi connectivity index (χ3v) is 6.48. The van der Waals surface area contributed by atoms with Crippen molar-refractivity contribution in [3.63, 3.8) is 0 Å². The summed E-state index contributed by atoms with van der Waals surface area (Å²) in [6.45, 7) is 6.13. The zero-order valence-corrected chi connectivity index (χ0v) is 19.2. The number of rotatable bonds is 7. The van der Waals surface area contributed by atoms with Gasteiger partial charge in [0, 0.05) is 11.3 Å². The second kappa shape index (κ2) is 9.35. The van der Waals surface area contributed by atoms with Crippen molar-refractivity contribution < 1.29 is 13.2 Å². The van der Waals surface area contributed by atoms with E-state index in [4.69, 9.17) is 0 Å². The first-order valence-electron chi connectivity index (χ1n) is 10.2. The van der Waals surface area contributed by atoms with Crippen molar-refractivity contribution in [2.75, 3.05) is 15.9 Å². The van der Waals surface area contributed by atoms with Crippen LogP contribution in [-0.2, 0) is 23.0 Å². The Morgan fingerprint density at radius 1 is 0.935 bits per heavy atom. The van der Waals surface area contributed by atoms with Crippen molar-refractivity contribution in [1.29, 1.82) is 0 Å². The fourth-order valence-corrected chi connectivity index (χ4v) is 4.28. The van der Waals surface area contributed by atoms with E-state index in [2.05, 4.69) is 5.32 Å². The van der Waals surface area contributed by atoms with Crippen molar-refractivity contribution in [3.05, 3.63) is 94.5 Å². The number of nitrogens with one attached hydrogen (secondary N) is 1. The van der Waals surface area contributed by atoms with Gasteiger partial charge in [0.2, 0.25) is 10.0 Å². The lowest BCUT2D eigenvalue weighted by atomic mass is 10.1. The molecule has 3 aromatic rings. The molecule has 162 valence electrons. The Morgan fingerprint density at radius 3 is 2.35 bits per heavy atom. The van der Waals surface area contributed by atoms with E-state index in [-0.39, 0.29) is 12.5 Å². The Kier molecular flexibility index (Phi) is 6.81. The second-order valence-corrected chi connectivity index (χ2v) is 9.61. The highest BCUT2D eigenvalue weighted by Crippen LogP contribution is 2.24. The molecule has 0 radical (unpaired) electrons. The number of aryl methyl sites for hydroxylation is 3. The van der Waals surface area contributed by atoms with E-state index < -0.39 is 10.0 Å². The van der Waals surface area contributed by atoms with E-state index in [1.54, 1.807) is 18.2 Å². The van der Waals surface area contributed by atoms with Crippen LogP contribution in [0.25, 0.3) is 0 Å². The van der Waals surface area contributed by atoms with Gasteiger partial charge < -0.3 is 5.32 Å². The van der Waals surface area contributed by atoms with Crippen LogP contribution in [0.1, 0.15) is 39.5 Å². The predicted molar refractivity (Wildman–Crippen MR) is 127 cm³/mol. The molecular formula is C25H28N2O3S. The maximum absolute atomic E-state index is 12.8. The lowest BCUT2D eigenvalue weighted by Gasteiger charge is -2.23. The molecule has 1 N–H and O–H groups in total. The van der Waals surface area contributed by atoms with Gasteiger partial charge in [-0.2, -0.15) is 0 Å². The number of nitrogens with zero attached hydrogens (tertiary/aromatic N) is 1. The molecule has 6 heteroatoms. The third kappa shape index (κ3) is 5.52. The number of carbonyl (C=O) groups is 1. The number of hydrogen-bond acceptors (Lipinski definition) is 3. The maximum Gasteiger partial charge on any atom is 0.255 e. The summed E-state index contributed by atoms with van der Waals surface area (Å²) in [6.07, 6.45) is 2.01. The zero-order chi connectivity index (χ0) is 22.6. The van der Waals surface area contributed by atoms with Gasteiger partial charge in [-0.25, -0.2) is 8.42 Å². The quantitative estimate of drug-likeness (QED) is 0.561. The highest BCUT2D eigenvalue weighted by atomic mass is 32.2. The SMILES string of the molecule is CCc1ccccc1NC(=O)c1cccc(CN(c2ccc(C)c(C)c2)S(C)(=O)=O)c1. The molecule has 0 bridgehead atoms. The van der Waals surface area contributed by atoms with Crippen LogP contribution in [-0.4, -0.2) is 20.6 Å². The Labute approximate surface area is 184 Å².